The minimum absolute atomic E-state index is 0.0635. The summed E-state index contributed by atoms with van der Waals surface area (Å²) in [6.45, 7) is 0.782. The van der Waals surface area contributed by atoms with Crippen molar-refractivity contribution in [3.63, 3.8) is 0 Å². The van der Waals surface area contributed by atoms with E-state index in [-0.39, 0.29) is 24.0 Å². The molecule has 0 bridgehead atoms. The van der Waals surface area contributed by atoms with E-state index in [1.807, 2.05) is 0 Å². The van der Waals surface area contributed by atoms with E-state index in [1.165, 1.54) is 12.3 Å². The molecule has 0 radical (unpaired) electrons. The lowest BCUT2D eigenvalue weighted by molar-refractivity contribution is -0.389. The lowest BCUT2D eigenvalue weighted by atomic mass is 9.68. The third-order valence-corrected chi connectivity index (χ3v) is 3.95. The lowest BCUT2D eigenvalue weighted by Gasteiger charge is -2.52. The van der Waals surface area contributed by atoms with Crippen molar-refractivity contribution < 1.29 is 9.66 Å². The van der Waals surface area contributed by atoms with Gasteiger partial charge in [-0.25, -0.2) is 0 Å². The van der Waals surface area contributed by atoms with Gasteiger partial charge in [-0.3, -0.25) is 0 Å². The summed E-state index contributed by atoms with van der Waals surface area (Å²) in [7, 11) is 0. The Morgan fingerprint density at radius 3 is 3.05 bits per heavy atom. The van der Waals surface area contributed by atoms with E-state index < -0.39 is 4.92 Å². The molecule has 1 saturated heterocycles. The predicted octanol–water partition coefficient (Wildman–Crippen LogP) is 0.906. The van der Waals surface area contributed by atoms with Gasteiger partial charge >= 0.3 is 5.82 Å². The molecule has 0 amide bonds. The SMILES string of the molecule is NC1C2CCCOC2C1Nc1ccc([N+](=O)[O-])nc1. The first kappa shape index (κ1) is 12.3. The first-order valence-corrected chi connectivity index (χ1v) is 6.41. The van der Waals surface area contributed by atoms with Gasteiger partial charge in [0, 0.05) is 24.6 Å². The highest BCUT2D eigenvalue weighted by Crippen LogP contribution is 2.38. The van der Waals surface area contributed by atoms with Gasteiger partial charge in [-0.2, -0.15) is 0 Å². The second-order valence-corrected chi connectivity index (χ2v) is 5.05. The Labute approximate surface area is 110 Å². The number of hydrogen-bond acceptors (Lipinski definition) is 6. The fraction of sp³-hybridized carbons (Fsp3) is 0.583. The van der Waals surface area contributed by atoms with E-state index in [4.69, 9.17) is 10.5 Å². The van der Waals surface area contributed by atoms with Crippen LogP contribution in [0.3, 0.4) is 0 Å². The summed E-state index contributed by atoms with van der Waals surface area (Å²) < 4.78 is 5.72. The number of nitro groups is 1. The molecule has 1 aromatic heterocycles. The molecule has 4 atom stereocenters. The van der Waals surface area contributed by atoms with Crippen molar-refractivity contribution in [1.29, 1.82) is 0 Å². The van der Waals surface area contributed by atoms with Crippen molar-refractivity contribution in [3.05, 3.63) is 28.4 Å². The lowest BCUT2D eigenvalue weighted by Crippen LogP contribution is -2.69. The maximum atomic E-state index is 10.5. The van der Waals surface area contributed by atoms with Gasteiger partial charge in [0.15, 0.2) is 6.20 Å². The fourth-order valence-corrected chi connectivity index (χ4v) is 2.90. The first-order chi connectivity index (χ1) is 9.16. The van der Waals surface area contributed by atoms with E-state index in [0.717, 1.165) is 25.1 Å². The van der Waals surface area contributed by atoms with E-state index in [1.54, 1.807) is 6.07 Å². The topological polar surface area (TPSA) is 103 Å². The Hall–Kier alpha value is -1.73. The molecular formula is C12H16N4O3. The number of aromatic nitrogens is 1. The van der Waals surface area contributed by atoms with Gasteiger partial charge < -0.3 is 25.9 Å². The number of fused-ring (bicyclic) bond motifs is 1. The Morgan fingerprint density at radius 2 is 2.37 bits per heavy atom. The number of pyridine rings is 1. The summed E-state index contributed by atoms with van der Waals surface area (Å²) in [5, 5.41) is 13.8. The van der Waals surface area contributed by atoms with Crippen LogP contribution in [-0.2, 0) is 4.74 Å². The number of ether oxygens (including phenoxy) is 1. The van der Waals surface area contributed by atoms with Crippen molar-refractivity contribution in [2.24, 2.45) is 11.7 Å². The van der Waals surface area contributed by atoms with E-state index in [0.29, 0.717) is 5.92 Å². The van der Waals surface area contributed by atoms with E-state index in [2.05, 4.69) is 10.3 Å². The number of rotatable bonds is 3. The molecule has 0 aromatic carbocycles. The molecule has 1 aromatic rings. The van der Waals surface area contributed by atoms with Crippen molar-refractivity contribution in [2.75, 3.05) is 11.9 Å². The smallest absolute Gasteiger partial charge is 0.363 e. The highest BCUT2D eigenvalue weighted by atomic mass is 16.6. The van der Waals surface area contributed by atoms with Crippen molar-refractivity contribution in [1.82, 2.24) is 4.98 Å². The molecule has 3 rings (SSSR count). The highest BCUT2D eigenvalue weighted by molar-refractivity contribution is 5.46. The van der Waals surface area contributed by atoms with Gasteiger partial charge in [-0.05, 0) is 28.8 Å². The van der Waals surface area contributed by atoms with Gasteiger partial charge in [0.25, 0.3) is 0 Å². The van der Waals surface area contributed by atoms with Gasteiger partial charge in [0.05, 0.1) is 17.8 Å². The molecule has 102 valence electrons. The van der Waals surface area contributed by atoms with Crippen LogP contribution in [-0.4, -0.2) is 34.7 Å². The molecule has 3 N–H and O–H groups in total. The molecule has 7 heteroatoms. The van der Waals surface area contributed by atoms with Gasteiger partial charge in [-0.1, -0.05) is 0 Å². The van der Waals surface area contributed by atoms with Gasteiger partial charge in [0.1, 0.15) is 0 Å². The zero-order valence-electron chi connectivity index (χ0n) is 10.4. The van der Waals surface area contributed by atoms with Crippen LogP contribution in [0.5, 0.6) is 0 Å². The zero-order valence-corrected chi connectivity index (χ0v) is 10.4. The number of nitrogens with two attached hydrogens (primary N) is 1. The van der Waals surface area contributed by atoms with Crippen molar-refractivity contribution in [2.45, 2.75) is 31.0 Å². The molecule has 19 heavy (non-hydrogen) atoms. The molecule has 1 saturated carbocycles. The normalized spacial score (nSPS) is 33.1. The minimum Gasteiger partial charge on any atom is -0.376 e. The molecular weight excluding hydrogens is 248 g/mol. The molecule has 1 aliphatic heterocycles. The maximum Gasteiger partial charge on any atom is 0.363 e. The number of nitrogens with one attached hydrogen (secondary N) is 1. The van der Waals surface area contributed by atoms with Crippen molar-refractivity contribution >= 4 is 11.5 Å². The molecule has 7 nitrogen and oxygen atoms in total. The molecule has 2 fully saturated rings. The second kappa shape index (κ2) is 4.75. The van der Waals surface area contributed by atoms with Crippen LogP contribution >= 0.6 is 0 Å². The first-order valence-electron chi connectivity index (χ1n) is 6.41. The third-order valence-electron chi connectivity index (χ3n) is 3.95. The Bertz CT molecular complexity index is 478. The molecule has 1 aliphatic carbocycles. The molecule has 2 heterocycles. The standard InChI is InChI=1S/C12H16N4O3/c13-10-8-2-1-5-19-12(8)11(10)15-7-3-4-9(14-6-7)16(17)18/h3-4,6,8,10-12,15H,1-2,5,13H2. The summed E-state index contributed by atoms with van der Waals surface area (Å²) in [4.78, 5) is 13.8. The summed E-state index contributed by atoms with van der Waals surface area (Å²) in [5.41, 5.74) is 6.87. The quantitative estimate of drug-likeness (QED) is 0.621. The second-order valence-electron chi connectivity index (χ2n) is 5.05. The maximum absolute atomic E-state index is 10.5. The average molecular weight is 264 g/mol. The largest absolute Gasteiger partial charge is 0.376 e. The monoisotopic (exact) mass is 264 g/mol. The van der Waals surface area contributed by atoms with Crippen LogP contribution < -0.4 is 11.1 Å². The zero-order chi connectivity index (χ0) is 13.4. The van der Waals surface area contributed by atoms with Gasteiger partial charge in [0.2, 0.25) is 0 Å². The van der Waals surface area contributed by atoms with E-state index in [9.17, 15) is 10.1 Å². The van der Waals surface area contributed by atoms with Crippen LogP contribution in [0.25, 0.3) is 0 Å². The van der Waals surface area contributed by atoms with E-state index >= 15 is 0 Å². The highest BCUT2D eigenvalue weighted by Gasteiger charge is 2.50. The van der Waals surface area contributed by atoms with Crippen LogP contribution in [0, 0.1) is 16.0 Å². The Morgan fingerprint density at radius 1 is 1.53 bits per heavy atom. The average Bonchev–Trinajstić information content (AvgIpc) is 2.45. The molecule has 0 spiro atoms. The fourth-order valence-electron chi connectivity index (χ4n) is 2.90. The third kappa shape index (κ3) is 2.15. The van der Waals surface area contributed by atoms with Crippen molar-refractivity contribution in [3.8, 4) is 0 Å². The van der Waals surface area contributed by atoms with Crippen LogP contribution in [0.15, 0.2) is 18.3 Å². The molecule has 4 unspecified atom stereocenters. The van der Waals surface area contributed by atoms with Crippen LogP contribution in [0.4, 0.5) is 11.5 Å². The summed E-state index contributed by atoms with van der Waals surface area (Å²) in [5.74, 6) is 0.271. The summed E-state index contributed by atoms with van der Waals surface area (Å²) in [6, 6.07) is 3.16. The Kier molecular flexibility index (Phi) is 3.08. The number of anilines is 1. The summed E-state index contributed by atoms with van der Waals surface area (Å²) >= 11 is 0. The molecule has 2 aliphatic rings. The number of hydrogen-bond donors (Lipinski definition) is 2. The van der Waals surface area contributed by atoms with Crippen LogP contribution in [0.1, 0.15) is 12.8 Å². The number of nitrogens with zero attached hydrogens (tertiary/aromatic N) is 2. The Balaban J connectivity index is 1.66. The minimum atomic E-state index is -0.515. The van der Waals surface area contributed by atoms with Crippen LogP contribution in [0.2, 0.25) is 0 Å². The van der Waals surface area contributed by atoms with Gasteiger partial charge in [-0.15, -0.1) is 0 Å². The predicted molar refractivity (Wildman–Crippen MR) is 68.7 cm³/mol. The summed E-state index contributed by atoms with van der Waals surface area (Å²) in [6.07, 6.45) is 3.79.